The first-order chi connectivity index (χ1) is 10.9. The second-order valence-corrected chi connectivity index (χ2v) is 7.23. The molecule has 0 fully saturated rings. The quantitative estimate of drug-likeness (QED) is 0.776. The van der Waals surface area contributed by atoms with Gasteiger partial charge in [0.1, 0.15) is 0 Å². The minimum Gasteiger partial charge on any atom is -0.478 e. The van der Waals surface area contributed by atoms with E-state index in [0.29, 0.717) is 32.4 Å². The molecule has 0 radical (unpaired) electrons. The molecule has 1 aromatic carbocycles. The van der Waals surface area contributed by atoms with E-state index < -0.39 is 5.97 Å². The number of rotatable bonds is 3. The molecule has 1 amide bonds. The highest BCUT2D eigenvalue weighted by Gasteiger charge is 2.24. The van der Waals surface area contributed by atoms with Gasteiger partial charge in [0.25, 0.3) is 5.91 Å². The highest BCUT2D eigenvalue weighted by Crippen LogP contribution is 2.39. The first-order valence-corrected chi connectivity index (χ1v) is 8.55. The lowest BCUT2D eigenvalue weighted by atomic mass is 10.1. The fourth-order valence-electron chi connectivity index (χ4n) is 2.20. The molecule has 1 aromatic heterocycles. The Balaban J connectivity index is 1.85. The maximum absolute atomic E-state index is 12.3. The Bertz CT molecular complexity index is 917. The van der Waals surface area contributed by atoms with Gasteiger partial charge in [-0.1, -0.05) is 28.5 Å². The van der Waals surface area contributed by atoms with Gasteiger partial charge >= 0.3 is 5.97 Å². The summed E-state index contributed by atoms with van der Waals surface area (Å²) in [7, 11) is 0. The number of carboxylic acids is 1. The summed E-state index contributed by atoms with van der Waals surface area (Å²) >= 11 is 10.7. The largest absolute Gasteiger partial charge is 0.478 e. The summed E-state index contributed by atoms with van der Waals surface area (Å²) < 4.78 is 1.45. The number of carbonyl (C=O) groups is 2. The van der Waals surface area contributed by atoms with Gasteiger partial charge in [0, 0.05) is 16.5 Å². The van der Waals surface area contributed by atoms with Crippen LogP contribution in [0.1, 0.15) is 23.7 Å². The van der Waals surface area contributed by atoms with Crippen LogP contribution in [0.4, 0.5) is 5.13 Å². The van der Waals surface area contributed by atoms with Crippen LogP contribution in [0.5, 0.6) is 0 Å². The van der Waals surface area contributed by atoms with Gasteiger partial charge in [-0.3, -0.25) is 10.1 Å². The molecular formula is C15H10BrClN2O3S. The van der Waals surface area contributed by atoms with E-state index in [1.54, 1.807) is 6.07 Å². The van der Waals surface area contributed by atoms with E-state index in [1.165, 1.54) is 23.5 Å². The monoisotopic (exact) mass is 412 g/mol. The summed E-state index contributed by atoms with van der Waals surface area (Å²) in [5, 5.41) is 12.5. The van der Waals surface area contributed by atoms with Crippen molar-refractivity contribution in [2.45, 2.75) is 13.3 Å². The molecule has 1 heterocycles. The summed E-state index contributed by atoms with van der Waals surface area (Å²) in [6.07, 6.45) is 0.485. The molecule has 2 aromatic rings. The first kappa shape index (κ1) is 16.2. The average Bonchev–Trinajstić information content (AvgIpc) is 3.01. The molecule has 118 valence electrons. The number of anilines is 1. The molecule has 0 saturated carbocycles. The Morgan fingerprint density at radius 3 is 2.78 bits per heavy atom. The summed E-state index contributed by atoms with van der Waals surface area (Å²) in [6.45, 7) is 1.90. The van der Waals surface area contributed by atoms with E-state index >= 15 is 0 Å². The van der Waals surface area contributed by atoms with Gasteiger partial charge < -0.3 is 5.11 Å². The lowest BCUT2D eigenvalue weighted by Crippen LogP contribution is -2.14. The van der Waals surface area contributed by atoms with Crippen molar-refractivity contribution >= 4 is 66.1 Å². The smallest absolute Gasteiger partial charge is 0.335 e. The summed E-state index contributed by atoms with van der Waals surface area (Å²) in [5.74, 6) is -1.30. The van der Waals surface area contributed by atoms with E-state index in [9.17, 15) is 9.59 Å². The molecule has 5 nitrogen and oxygen atoms in total. The third-order valence-corrected chi connectivity index (χ3v) is 6.06. The molecule has 0 unspecified atom stereocenters. The lowest BCUT2D eigenvalue weighted by Gasteiger charge is -2.03. The number of benzene rings is 1. The fraction of sp³-hybridized carbons (Fsp3) is 0.133. The predicted octanol–water partition coefficient (Wildman–Crippen LogP) is 4.50. The van der Waals surface area contributed by atoms with Crippen LogP contribution < -0.4 is 5.32 Å². The molecule has 8 heteroatoms. The molecule has 0 atom stereocenters. The molecule has 23 heavy (non-hydrogen) atoms. The van der Waals surface area contributed by atoms with Crippen LogP contribution in [0.3, 0.4) is 0 Å². The zero-order valence-electron chi connectivity index (χ0n) is 11.8. The van der Waals surface area contributed by atoms with Gasteiger partial charge in [-0.05, 0) is 41.1 Å². The van der Waals surface area contributed by atoms with Gasteiger partial charge in [0.05, 0.1) is 20.8 Å². The van der Waals surface area contributed by atoms with Gasteiger partial charge in [0.15, 0.2) is 5.13 Å². The number of carboxylic acid groups (broad SMARTS) is 1. The van der Waals surface area contributed by atoms with Crippen molar-refractivity contribution in [2.24, 2.45) is 0 Å². The number of nitrogens with zero attached hydrogens (tertiary/aromatic N) is 1. The highest BCUT2D eigenvalue weighted by atomic mass is 79.9. The van der Waals surface area contributed by atoms with Crippen molar-refractivity contribution in [3.8, 4) is 0 Å². The lowest BCUT2D eigenvalue weighted by molar-refractivity contribution is -0.112. The van der Waals surface area contributed by atoms with Crippen LogP contribution in [0.2, 0.25) is 0 Å². The zero-order chi connectivity index (χ0) is 16.7. The minimum atomic E-state index is -1.000. The van der Waals surface area contributed by atoms with Gasteiger partial charge in [0.2, 0.25) is 0 Å². The molecule has 0 saturated heterocycles. The van der Waals surface area contributed by atoms with E-state index in [-0.39, 0.29) is 11.5 Å². The number of thiazole rings is 1. The molecule has 0 bridgehead atoms. The molecule has 3 rings (SSSR count). The standard InChI is InChI=1S/C15H10BrClN2O3S/c1-6-4-8(12(17)11(6)16)13(20)19-15-18-9-3-2-7(14(21)22)5-10(9)23-15/h2-3,5H,4H2,1H3,(H,21,22)(H,18,19,20). The van der Waals surface area contributed by atoms with Crippen molar-refractivity contribution in [3.63, 3.8) is 0 Å². The second kappa shape index (κ2) is 6.07. The third kappa shape index (κ3) is 3.04. The summed E-state index contributed by atoms with van der Waals surface area (Å²) in [4.78, 5) is 27.6. The van der Waals surface area contributed by atoms with E-state index in [2.05, 4.69) is 26.2 Å². The third-order valence-electron chi connectivity index (χ3n) is 3.40. The molecule has 1 aliphatic rings. The van der Waals surface area contributed by atoms with Gasteiger partial charge in [-0.2, -0.15) is 0 Å². The molecule has 1 aliphatic carbocycles. The maximum atomic E-state index is 12.3. The van der Waals surface area contributed by atoms with E-state index in [4.69, 9.17) is 16.7 Å². The summed E-state index contributed by atoms with van der Waals surface area (Å²) in [6, 6.07) is 4.64. The van der Waals surface area contributed by atoms with Gasteiger partial charge in [-0.25, -0.2) is 9.78 Å². The molecule has 0 spiro atoms. The number of allylic oxidation sites excluding steroid dienone is 3. The number of aromatic carboxylic acids is 1. The van der Waals surface area contributed by atoms with E-state index in [0.717, 1.165) is 10.1 Å². The number of fused-ring (bicyclic) bond motifs is 1. The Kier molecular flexibility index (Phi) is 4.27. The zero-order valence-corrected chi connectivity index (χ0v) is 15.0. The van der Waals surface area contributed by atoms with Crippen LogP contribution >= 0.6 is 38.9 Å². The first-order valence-electron chi connectivity index (χ1n) is 6.56. The molecule has 0 aliphatic heterocycles. The Morgan fingerprint density at radius 1 is 1.43 bits per heavy atom. The second-order valence-electron chi connectivity index (χ2n) is 5.02. The predicted molar refractivity (Wildman–Crippen MR) is 94.3 cm³/mol. The SMILES string of the molecule is CC1=C(Br)C(Cl)=C(C(=O)Nc2nc3ccc(C(=O)O)cc3s2)C1. The number of amides is 1. The van der Waals surface area contributed by atoms with Crippen molar-refractivity contribution in [2.75, 3.05) is 5.32 Å². The normalized spacial score (nSPS) is 14.7. The van der Waals surface area contributed by atoms with Gasteiger partial charge in [-0.15, -0.1) is 0 Å². The van der Waals surface area contributed by atoms with Crippen LogP contribution in [0, 0.1) is 0 Å². The number of hydrogen-bond donors (Lipinski definition) is 2. The highest BCUT2D eigenvalue weighted by molar-refractivity contribution is 9.12. The Morgan fingerprint density at radius 2 is 2.17 bits per heavy atom. The number of carbonyl (C=O) groups excluding carboxylic acids is 1. The van der Waals surface area contributed by atoms with Crippen molar-refractivity contribution in [1.82, 2.24) is 4.98 Å². The van der Waals surface area contributed by atoms with Crippen LogP contribution in [0.25, 0.3) is 10.2 Å². The average molecular weight is 414 g/mol. The minimum absolute atomic E-state index is 0.185. The Hall–Kier alpha value is -1.70. The van der Waals surface area contributed by atoms with Crippen molar-refractivity contribution in [1.29, 1.82) is 0 Å². The number of nitrogens with one attached hydrogen (secondary N) is 1. The van der Waals surface area contributed by atoms with Crippen LogP contribution in [0.15, 0.2) is 38.9 Å². The molecule has 2 N–H and O–H groups in total. The molecular weight excluding hydrogens is 404 g/mol. The number of hydrogen-bond acceptors (Lipinski definition) is 4. The Labute approximate surface area is 148 Å². The number of aromatic nitrogens is 1. The summed E-state index contributed by atoms with van der Waals surface area (Å²) in [5.41, 5.74) is 2.30. The fourth-order valence-corrected chi connectivity index (χ4v) is 3.80. The number of halogens is 2. The van der Waals surface area contributed by atoms with Crippen molar-refractivity contribution in [3.05, 3.63) is 44.4 Å². The van der Waals surface area contributed by atoms with E-state index in [1.807, 2.05) is 6.92 Å². The van der Waals surface area contributed by atoms with Crippen molar-refractivity contribution < 1.29 is 14.7 Å². The topological polar surface area (TPSA) is 79.3 Å². The van der Waals surface area contributed by atoms with Crippen LogP contribution in [-0.2, 0) is 4.79 Å². The maximum Gasteiger partial charge on any atom is 0.335 e. The van der Waals surface area contributed by atoms with Crippen LogP contribution in [-0.4, -0.2) is 22.0 Å².